The molecule has 0 saturated heterocycles. The summed E-state index contributed by atoms with van der Waals surface area (Å²) in [5.41, 5.74) is 0.636. The Bertz CT molecular complexity index is 317. The first-order valence-electron chi connectivity index (χ1n) is 6.97. The fraction of sp³-hybridized carbons (Fsp3) is 1.00. The van der Waals surface area contributed by atoms with E-state index in [0.29, 0.717) is 16.7 Å². The lowest BCUT2D eigenvalue weighted by Crippen LogP contribution is -2.36. The van der Waals surface area contributed by atoms with Crippen molar-refractivity contribution in [2.45, 2.75) is 65.4 Å². The van der Waals surface area contributed by atoms with Gasteiger partial charge in [-0.2, -0.15) is 0 Å². The lowest BCUT2D eigenvalue weighted by atomic mass is 9.72. The monoisotopic (exact) mass is 222 g/mol. The van der Waals surface area contributed by atoms with Crippen LogP contribution in [0.5, 0.6) is 0 Å². The Kier molecular flexibility index (Phi) is 1.98. The van der Waals surface area contributed by atoms with E-state index in [-0.39, 0.29) is 5.60 Å². The smallest absolute Gasteiger partial charge is 0.0651 e. The van der Waals surface area contributed by atoms with Gasteiger partial charge in [-0.05, 0) is 67.6 Å². The summed E-state index contributed by atoms with van der Waals surface area (Å²) in [5, 5.41) is 10.6. The van der Waals surface area contributed by atoms with E-state index in [1.807, 2.05) is 0 Å². The molecule has 0 bridgehead atoms. The Hall–Kier alpha value is -0.0400. The highest BCUT2D eigenvalue weighted by molar-refractivity contribution is 5.13. The summed E-state index contributed by atoms with van der Waals surface area (Å²) in [5.74, 6) is 2.31. The van der Waals surface area contributed by atoms with E-state index in [9.17, 15) is 5.11 Å². The molecule has 0 spiro atoms. The molecule has 16 heavy (non-hydrogen) atoms. The van der Waals surface area contributed by atoms with Crippen LogP contribution in [-0.4, -0.2) is 10.7 Å². The average Bonchev–Trinajstić information content (AvgIpc) is 2.64. The minimum Gasteiger partial charge on any atom is -0.390 e. The van der Waals surface area contributed by atoms with Gasteiger partial charge < -0.3 is 5.11 Å². The number of rotatable bonds is 0. The van der Waals surface area contributed by atoms with Crippen molar-refractivity contribution in [1.82, 2.24) is 0 Å². The molecule has 0 aromatic carbocycles. The number of hydrogen-bond acceptors (Lipinski definition) is 1. The molecule has 0 aliphatic heterocycles. The van der Waals surface area contributed by atoms with Gasteiger partial charge in [-0.3, -0.25) is 0 Å². The standard InChI is InChI=1S/C15H26O/c1-13(2)7-10-8-14(10,3)11-5-6-15(4,16)12(11)9-13/h10-12,16H,5-9H2,1-4H3/t10-,11+,12-,14+,15-/m1/s1. The Morgan fingerprint density at radius 1 is 0.938 bits per heavy atom. The van der Waals surface area contributed by atoms with Crippen molar-refractivity contribution in [3.63, 3.8) is 0 Å². The van der Waals surface area contributed by atoms with Crippen LogP contribution in [0.2, 0.25) is 0 Å². The Morgan fingerprint density at radius 2 is 1.62 bits per heavy atom. The van der Waals surface area contributed by atoms with Gasteiger partial charge in [0.1, 0.15) is 0 Å². The summed E-state index contributed by atoms with van der Waals surface area (Å²) < 4.78 is 0. The van der Waals surface area contributed by atoms with Crippen molar-refractivity contribution in [2.75, 3.05) is 0 Å². The summed E-state index contributed by atoms with van der Waals surface area (Å²) >= 11 is 0. The minimum absolute atomic E-state index is 0.386. The molecule has 0 amide bonds. The van der Waals surface area contributed by atoms with Crippen molar-refractivity contribution in [3.8, 4) is 0 Å². The van der Waals surface area contributed by atoms with Gasteiger partial charge in [0.25, 0.3) is 0 Å². The highest BCUT2D eigenvalue weighted by Crippen LogP contribution is 2.70. The van der Waals surface area contributed by atoms with Crippen LogP contribution >= 0.6 is 0 Å². The molecule has 1 heteroatoms. The van der Waals surface area contributed by atoms with E-state index in [1.54, 1.807) is 0 Å². The summed E-state index contributed by atoms with van der Waals surface area (Å²) in [6, 6.07) is 0. The Balaban J connectivity index is 1.96. The molecule has 92 valence electrons. The summed E-state index contributed by atoms with van der Waals surface area (Å²) in [4.78, 5) is 0. The zero-order chi connectivity index (χ0) is 11.8. The van der Waals surface area contributed by atoms with Gasteiger partial charge in [0, 0.05) is 0 Å². The number of fused-ring (bicyclic) bond motifs is 3. The van der Waals surface area contributed by atoms with Gasteiger partial charge in [-0.25, -0.2) is 0 Å². The van der Waals surface area contributed by atoms with Crippen LogP contribution < -0.4 is 0 Å². The second-order valence-electron chi connectivity index (χ2n) is 8.09. The molecule has 3 aliphatic carbocycles. The topological polar surface area (TPSA) is 20.2 Å². The first-order chi connectivity index (χ1) is 7.25. The summed E-state index contributed by atoms with van der Waals surface area (Å²) in [6.45, 7) is 9.38. The van der Waals surface area contributed by atoms with Crippen LogP contribution in [0.1, 0.15) is 59.8 Å². The van der Waals surface area contributed by atoms with Crippen LogP contribution in [0.4, 0.5) is 0 Å². The maximum atomic E-state index is 10.6. The molecule has 0 heterocycles. The molecule has 0 unspecified atom stereocenters. The predicted molar refractivity (Wildman–Crippen MR) is 66.1 cm³/mol. The SMILES string of the molecule is CC1(C)C[C@@H]2C[C@]2(C)[C@H]2CC[C@@](C)(O)[C@@H]2C1. The second-order valence-corrected chi connectivity index (χ2v) is 8.09. The van der Waals surface area contributed by atoms with Gasteiger partial charge in [-0.1, -0.05) is 20.8 Å². The lowest BCUT2D eigenvalue weighted by molar-refractivity contribution is -0.0127. The molecule has 3 aliphatic rings. The Labute approximate surface area is 99.6 Å². The average molecular weight is 222 g/mol. The number of aliphatic hydroxyl groups is 1. The molecule has 0 aromatic rings. The lowest BCUT2D eigenvalue weighted by Gasteiger charge is -2.36. The molecular weight excluding hydrogens is 196 g/mol. The van der Waals surface area contributed by atoms with Crippen molar-refractivity contribution >= 4 is 0 Å². The van der Waals surface area contributed by atoms with E-state index < -0.39 is 0 Å². The molecule has 5 atom stereocenters. The normalized spacial score (nSPS) is 58.7. The van der Waals surface area contributed by atoms with Crippen LogP contribution in [-0.2, 0) is 0 Å². The molecular formula is C15H26O. The molecule has 3 rings (SSSR count). The van der Waals surface area contributed by atoms with Crippen LogP contribution in [0.25, 0.3) is 0 Å². The maximum absolute atomic E-state index is 10.6. The van der Waals surface area contributed by atoms with E-state index in [2.05, 4.69) is 27.7 Å². The quantitative estimate of drug-likeness (QED) is 0.664. The van der Waals surface area contributed by atoms with Gasteiger partial charge in [0.2, 0.25) is 0 Å². The van der Waals surface area contributed by atoms with Gasteiger partial charge >= 0.3 is 0 Å². The molecule has 0 radical (unpaired) electrons. The predicted octanol–water partition coefficient (Wildman–Crippen LogP) is 3.61. The van der Waals surface area contributed by atoms with Crippen LogP contribution in [0.3, 0.4) is 0 Å². The fourth-order valence-electron chi connectivity index (χ4n) is 5.00. The van der Waals surface area contributed by atoms with Gasteiger partial charge in [0.15, 0.2) is 0 Å². The van der Waals surface area contributed by atoms with E-state index in [0.717, 1.165) is 18.3 Å². The Morgan fingerprint density at radius 3 is 2.31 bits per heavy atom. The largest absolute Gasteiger partial charge is 0.390 e. The fourth-order valence-corrected chi connectivity index (χ4v) is 5.00. The van der Waals surface area contributed by atoms with Crippen molar-refractivity contribution in [3.05, 3.63) is 0 Å². The van der Waals surface area contributed by atoms with Crippen LogP contribution in [0.15, 0.2) is 0 Å². The molecule has 3 saturated carbocycles. The second kappa shape index (κ2) is 2.85. The van der Waals surface area contributed by atoms with Crippen LogP contribution in [0, 0.1) is 28.6 Å². The zero-order valence-electron chi connectivity index (χ0n) is 11.2. The van der Waals surface area contributed by atoms with Gasteiger partial charge in [-0.15, -0.1) is 0 Å². The van der Waals surface area contributed by atoms with E-state index >= 15 is 0 Å². The molecule has 3 fully saturated rings. The van der Waals surface area contributed by atoms with E-state index in [1.165, 1.54) is 25.7 Å². The van der Waals surface area contributed by atoms with E-state index in [4.69, 9.17) is 0 Å². The van der Waals surface area contributed by atoms with Crippen molar-refractivity contribution in [1.29, 1.82) is 0 Å². The van der Waals surface area contributed by atoms with Gasteiger partial charge in [0.05, 0.1) is 5.60 Å². The zero-order valence-corrected chi connectivity index (χ0v) is 11.2. The molecule has 0 aromatic heterocycles. The van der Waals surface area contributed by atoms with Crippen molar-refractivity contribution in [2.24, 2.45) is 28.6 Å². The first kappa shape index (κ1) is 11.1. The highest BCUT2D eigenvalue weighted by Gasteiger charge is 2.64. The highest BCUT2D eigenvalue weighted by atomic mass is 16.3. The maximum Gasteiger partial charge on any atom is 0.0651 e. The number of hydrogen-bond donors (Lipinski definition) is 1. The third-order valence-electron chi connectivity index (χ3n) is 6.12. The third-order valence-corrected chi connectivity index (χ3v) is 6.12. The first-order valence-corrected chi connectivity index (χ1v) is 6.97. The summed E-state index contributed by atoms with van der Waals surface area (Å²) in [6.07, 6.45) is 6.33. The molecule has 1 nitrogen and oxygen atoms in total. The summed E-state index contributed by atoms with van der Waals surface area (Å²) in [7, 11) is 0. The molecule has 1 N–H and O–H groups in total. The third kappa shape index (κ3) is 1.40. The minimum atomic E-state index is -0.386. The van der Waals surface area contributed by atoms with Crippen molar-refractivity contribution < 1.29 is 5.11 Å².